The summed E-state index contributed by atoms with van der Waals surface area (Å²) in [5, 5.41) is 3.69. The number of carbonyl (C=O) groups excluding carboxylic acids is 1. The number of carbonyl (C=O) groups is 1. The second-order valence-corrected chi connectivity index (χ2v) is 4.50. The first-order chi connectivity index (χ1) is 9.65. The van der Waals surface area contributed by atoms with Gasteiger partial charge in [0.15, 0.2) is 6.61 Å². The molecule has 2 aromatic rings. The first kappa shape index (κ1) is 14.1. The number of nitrogens with two attached hydrogens (primary N) is 1. The third kappa shape index (κ3) is 4.13. The monoisotopic (exact) mass is 291 g/mol. The summed E-state index contributed by atoms with van der Waals surface area (Å²) in [5.41, 5.74) is 6.01. The van der Waals surface area contributed by atoms with Gasteiger partial charge >= 0.3 is 0 Å². The number of nitrogens with zero attached hydrogens (tertiary/aromatic N) is 1. The maximum absolute atomic E-state index is 10.7. The number of ether oxygens (including phenoxy) is 1. The Hall–Kier alpha value is -2.27. The number of hydrogen-bond donors (Lipinski definition) is 2. The number of aromatic nitrogens is 1. The van der Waals surface area contributed by atoms with Crippen molar-refractivity contribution < 1.29 is 9.53 Å². The minimum atomic E-state index is -0.506. The molecule has 1 aromatic carbocycles. The van der Waals surface area contributed by atoms with Crippen molar-refractivity contribution in [2.45, 2.75) is 6.54 Å². The van der Waals surface area contributed by atoms with Gasteiger partial charge in [-0.3, -0.25) is 4.79 Å². The summed E-state index contributed by atoms with van der Waals surface area (Å²) in [7, 11) is 0. The van der Waals surface area contributed by atoms with Crippen LogP contribution in [-0.4, -0.2) is 17.5 Å². The third-order valence-corrected chi connectivity index (χ3v) is 2.80. The molecule has 20 heavy (non-hydrogen) atoms. The fourth-order valence-electron chi connectivity index (χ4n) is 1.60. The standard InChI is InChI=1S/C14H14ClN3O2/c15-12-5-2-6-17-14(12)18-8-10-3-1-4-11(7-10)20-9-13(16)19/h1-7H,8-9H2,(H2,16,19)(H,17,18). The Balaban J connectivity index is 1.98. The van der Waals surface area contributed by atoms with E-state index in [-0.39, 0.29) is 6.61 Å². The van der Waals surface area contributed by atoms with Crippen molar-refractivity contribution in [3.05, 3.63) is 53.2 Å². The van der Waals surface area contributed by atoms with Crippen LogP contribution in [0.25, 0.3) is 0 Å². The molecule has 0 radical (unpaired) electrons. The van der Waals surface area contributed by atoms with Crippen molar-refractivity contribution in [1.82, 2.24) is 4.98 Å². The molecule has 2 rings (SSSR count). The van der Waals surface area contributed by atoms with E-state index >= 15 is 0 Å². The normalized spacial score (nSPS) is 10.1. The van der Waals surface area contributed by atoms with Gasteiger partial charge in [-0.2, -0.15) is 0 Å². The van der Waals surface area contributed by atoms with Crippen molar-refractivity contribution in [3.63, 3.8) is 0 Å². The summed E-state index contributed by atoms with van der Waals surface area (Å²) in [5.74, 6) is 0.710. The van der Waals surface area contributed by atoms with Crippen LogP contribution in [0.4, 0.5) is 5.82 Å². The lowest BCUT2D eigenvalue weighted by Crippen LogP contribution is -2.20. The first-order valence-electron chi connectivity index (χ1n) is 5.99. The lowest BCUT2D eigenvalue weighted by molar-refractivity contribution is -0.119. The number of amides is 1. The summed E-state index contributed by atoms with van der Waals surface area (Å²) < 4.78 is 5.24. The molecule has 3 N–H and O–H groups in total. The number of pyridine rings is 1. The molecule has 1 heterocycles. The highest BCUT2D eigenvalue weighted by atomic mass is 35.5. The number of rotatable bonds is 6. The highest BCUT2D eigenvalue weighted by molar-refractivity contribution is 6.32. The Kier molecular flexibility index (Phi) is 4.79. The molecule has 0 atom stereocenters. The molecule has 0 fully saturated rings. The van der Waals surface area contributed by atoms with Crippen LogP contribution in [0.2, 0.25) is 5.02 Å². The van der Waals surface area contributed by atoms with Crippen molar-refractivity contribution in [2.75, 3.05) is 11.9 Å². The molecule has 0 saturated carbocycles. The van der Waals surface area contributed by atoms with Gasteiger partial charge in [0, 0.05) is 12.7 Å². The molecule has 0 spiro atoms. The van der Waals surface area contributed by atoms with E-state index in [1.807, 2.05) is 18.2 Å². The van der Waals surface area contributed by atoms with Gasteiger partial charge < -0.3 is 15.8 Å². The molecule has 1 aromatic heterocycles. The Labute approximate surface area is 121 Å². The van der Waals surface area contributed by atoms with Gasteiger partial charge in [-0.05, 0) is 29.8 Å². The van der Waals surface area contributed by atoms with E-state index < -0.39 is 5.91 Å². The summed E-state index contributed by atoms with van der Waals surface area (Å²) in [6.45, 7) is 0.410. The van der Waals surface area contributed by atoms with E-state index in [0.29, 0.717) is 23.1 Å². The molecule has 0 aliphatic heterocycles. The Bertz CT molecular complexity index is 604. The quantitative estimate of drug-likeness (QED) is 0.855. The Morgan fingerprint density at radius 2 is 2.20 bits per heavy atom. The largest absolute Gasteiger partial charge is 0.484 e. The van der Waals surface area contributed by atoms with Crippen LogP contribution in [0.1, 0.15) is 5.56 Å². The van der Waals surface area contributed by atoms with Gasteiger partial charge in [0.1, 0.15) is 11.6 Å². The number of nitrogens with one attached hydrogen (secondary N) is 1. The van der Waals surface area contributed by atoms with E-state index in [1.165, 1.54) is 0 Å². The van der Waals surface area contributed by atoms with E-state index in [4.69, 9.17) is 22.1 Å². The second-order valence-electron chi connectivity index (χ2n) is 4.09. The minimum Gasteiger partial charge on any atom is -0.484 e. The summed E-state index contributed by atoms with van der Waals surface area (Å²) in [4.78, 5) is 14.8. The predicted octanol–water partition coefficient (Wildman–Crippen LogP) is 2.21. The molecule has 1 amide bonds. The number of halogens is 1. The molecular weight excluding hydrogens is 278 g/mol. The Morgan fingerprint density at radius 1 is 1.35 bits per heavy atom. The van der Waals surface area contributed by atoms with Crippen LogP contribution in [-0.2, 0) is 11.3 Å². The number of primary amides is 1. The zero-order chi connectivity index (χ0) is 14.4. The molecule has 104 valence electrons. The number of benzene rings is 1. The number of hydrogen-bond acceptors (Lipinski definition) is 4. The molecule has 0 saturated heterocycles. The molecule has 5 nitrogen and oxygen atoms in total. The van der Waals surface area contributed by atoms with Crippen LogP contribution in [0, 0.1) is 0 Å². The summed E-state index contributed by atoms with van der Waals surface area (Å²) >= 11 is 6.01. The van der Waals surface area contributed by atoms with E-state index in [0.717, 1.165) is 5.56 Å². The van der Waals surface area contributed by atoms with Crippen molar-refractivity contribution in [1.29, 1.82) is 0 Å². The molecule has 0 bridgehead atoms. The van der Waals surface area contributed by atoms with Crippen LogP contribution in [0.15, 0.2) is 42.6 Å². The van der Waals surface area contributed by atoms with Gasteiger partial charge in [-0.25, -0.2) is 4.98 Å². The lowest BCUT2D eigenvalue weighted by atomic mass is 10.2. The van der Waals surface area contributed by atoms with Gasteiger partial charge in [-0.1, -0.05) is 23.7 Å². The van der Waals surface area contributed by atoms with Crippen LogP contribution >= 0.6 is 11.6 Å². The topological polar surface area (TPSA) is 77.2 Å². The maximum Gasteiger partial charge on any atom is 0.255 e. The van der Waals surface area contributed by atoms with E-state index in [1.54, 1.807) is 24.4 Å². The molecule has 0 aliphatic rings. The predicted molar refractivity (Wildman–Crippen MR) is 77.7 cm³/mol. The molecule has 0 unspecified atom stereocenters. The van der Waals surface area contributed by atoms with Crippen LogP contribution < -0.4 is 15.8 Å². The van der Waals surface area contributed by atoms with E-state index in [2.05, 4.69) is 10.3 Å². The molecular formula is C14H14ClN3O2. The van der Waals surface area contributed by atoms with Gasteiger partial charge in [0.25, 0.3) is 5.91 Å². The van der Waals surface area contributed by atoms with Crippen LogP contribution in [0.3, 0.4) is 0 Å². The second kappa shape index (κ2) is 6.77. The first-order valence-corrected chi connectivity index (χ1v) is 6.37. The Morgan fingerprint density at radius 3 is 2.95 bits per heavy atom. The fraction of sp³-hybridized carbons (Fsp3) is 0.143. The molecule has 0 aliphatic carbocycles. The zero-order valence-electron chi connectivity index (χ0n) is 10.7. The van der Waals surface area contributed by atoms with E-state index in [9.17, 15) is 4.79 Å². The maximum atomic E-state index is 10.7. The highest BCUT2D eigenvalue weighted by Gasteiger charge is 2.02. The average molecular weight is 292 g/mol. The summed E-state index contributed by atoms with van der Waals surface area (Å²) in [6, 6.07) is 10.9. The van der Waals surface area contributed by atoms with Crippen molar-refractivity contribution in [3.8, 4) is 5.75 Å². The zero-order valence-corrected chi connectivity index (χ0v) is 11.4. The SMILES string of the molecule is NC(=O)COc1cccc(CNc2ncccc2Cl)c1. The average Bonchev–Trinajstić information content (AvgIpc) is 2.45. The fourth-order valence-corrected chi connectivity index (χ4v) is 1.79. The smallest absolute Gasteiger partial charge is 0.255 e. The molecule has 6 heteroatoms. The van der Waals surface area contributed by atoms with Gasteiger partial charge in [0.2, 0.25) is 0 Å². The number of anilines is 1. The van der Waals surface area contributed by atoms with Crippen molar-refractivity contribution in [2.24, 2.45) is 5.73 Å². The van der Waals surface area contributed by atoms with Gasteiger partial charge in [-0.15, -0.1) is 0 Å². The third-order valence-electron chi connectivity index (χ3n) is 2.50. The highest BCUT2D eigenvalue weighted by Crippen LogP contribution is 2.19. The lowest BCUT2D eigenvalue weighted by Gasteiger charge is -2.09. The van der Waals surface area contributed by atoms with Crippen molar-refractivity contribution >= 4 is 23.3 Å². The summed E-state index contributed by atoms with van der Waals surface area (Å²) in [6.07, 6.45) is 1.67. The van der Waals surface area contributed by atoms with Crippen LogP contribution in [0.5, 0.6) is 5.75 Å². The van der Waals surface area contributed by atoms with Gasteiger partial charge in [0.05, 0.1) is 5.02 Å². The minimum absolute atomic E-state index is 0.136.